The van der Waals surface area contributed by atoms with Gasteiger partial charge in [-0.05, 0) is 67.5 Å². The Balaban J connectivity index is 1.33. The SMILES string of the molecule is C[C@H]1CC[C@@H](C(=O)OCC(=O)c2ccc3c(c2)COc2cc4c(cc2-3)CCC(Br)C4=O)N1. The van der Waals surface area contributed by atoms with E-state index in [9.17, 15) is 14.4 Å². The van der Waals surface area contributed by atoms with Gasteiger partial charge in [-0.2, -0.15) is 0 Å². The fourth-order valence-corrected chi connectivity index (χ4v) is 5.19. The van der Waals surface area contributed by atoms with E-state index in [-0.39, 0.29) is 41.1 Å². The number of carbonyl (C=O) groups excluding carboxylic acids is 3. The van der Waals surface area contributed by atoms with Crippen LogP contribution in [0.1, 0.15) is 58.0 Å². The predicted molar refractivity (Wildman–Crippen MR) is 122 cm³/mol. The maximum absolute atomic E-state index is 12.6. The Kier molecular flexibility index (Phi) is 5.63. The van der Waals surface area contributed by atoms with Gasteiger partial charge >= 0.3 is 5.97 Å². The summed E-state index contributed by atoms with van der Waals surface area (Å²) in [4.78, 5) is 37.2. The number of ether oxygens (including phenoxy) is 2. The van der Waals surface area contributed by atoms with Gasteiger partial charge in [-0.15, -0.1) is 0 Å². The highest BCUT2D eigenvalue weighted by Gasteiger charge is 2.30. The molecule has 7 heteroatoms. The van der Waals surface area contributed by atoms with E-state index in [1.54, 1.807) is 6.07 Å². The number of halogens is 1. The number of benzene rings is 2. The van der Waals surface area contributed by atoms with E-state index in [4.69, 9.17) is 9.47 Å². The van der Waals surface area contributed by atoms with Crippen molar-refractivity contribution in [2.24, 2.45) is 0 Å². The molecule has 3 atom stereocenters. The minimum absolute atomic E-state index is 0.0983. The van der Waals surface area contributed by atoms with Crippen LogP contribution in [-0.4, -0.2) is 41.1 Å². The van der Waals surface area contributed by atoms with Gasteiger partial charge in [0.15, 0.2) is 18.2 Å². The van der Waals surface area contributed by atoms with Crippen molar-refractivity contribution in [3.8, 4) is 16.9 Å². The van der Waals surface area contributed by atoms with Crippen LogP contribution < -0.4 is 10.1 Å². The summed E-state index contributed by atoms with van der Waals surface area (Å²) in [6.07, 6.45) is 3.26. The maximum atomic E-state index is 12.6. The number of alkyl halides is 1. The van der Waals surface area contributed by atoms with E-state index < -0.39 is 0 Å². The van der Waals surface area contributed by atoms with E-state index >= 15 is 0 Å². The molecule has 2 aromatic carbocycles. The predicted octanol–water partition coefficient (Wildman–Crippen LogP) is 4.00. The van der Waals surface area contributed by atoms with E-state index in [0.29, 0.717) is 17.9 Å². The number of hydrogen-bond acceptors (Lipinski definition) is 6. The van der Waals surface area contributed by atoms with Crippen molar-refractivity contribution < 1.29 is 23.9 Å². The summed E-state index contributed by atoms with van der Waals surface area (Å²) >= 11 is 3.45. The second-order valence-electron chi connectivity index (χ2n) is 8.77. The first-order chi connectivity index (χ1) is 15.4. The van der Waals surface area contributed by atoms with Crippen molar-refractivity contribution in [2.75, 3.05) is 6.61 Å². The van der Waals surface area contributed by atoms with Crippen LogP contribution in [0.5, 0.6) is 5.75 Å². The molecule has 1 saturated heterocycles. The lowest BCUT2D eigenvalue weighted by atomic mass is 9.85. The van der Waals surface area contributed by atoms with Gasteiger partial charge in [-0.25, -0.2) is 0 Å². The van der Waals surface area contributed by atoms with Crippen LogP contribution in [0.4, 0.5) is 0 Å². The molecule has 1 fully saturated rings. The van der Waals surface area contributed by atoms with Crippen molar-refractivity contribution in [2.45, 2.75) is 56.1 Å². The van der Waals surface area contributed by atoms with Gasteiger partial charge in [0.25, 0.3) is 0 Å². The van der Waals surface area contributed by atoms with Crippen LogP contribution in [0.25, 0.3) is 11.1 Å². The normalized spacial score (nSPS) is 23.6. The molecule has 2 aliphatic heterocycles. The first-order valence-electron chi connectivity index (χ1n) is 11.0. The fraction of sp³-hybridized carbons (Fsp3) is 0.400. The smallest absolute Gasteiger partial charge is 0.323 e. The number of nitrogens with one attached hydrogen (secondary N) is 1. The van der Waals surface area contributed by atoms with Gasteiger partial charge in [0.05, 0.1) is 4.83 Å². The van der Waals surface area contributed by atoms with Crippen LogP contribution >= 0.6 is 15.9 Å². The van der Waals surface area contributed by atoms with Crippen molar-refractivity contribution >= 4 is 33.5 Å². The van der Waals surface area contributed by atoms with Crippen LogP contribution in [0, 0.1) is 0 Å². The molecule has 6 nitrogen and oxygen atoms in total. The van der Waals surface area contributed by atoms with Crippen LogP contribution in [0.15, 0.2) is 30.3 Å². The molecule has 166 valence electrons. The number of esters is 1. The number of aryl methyl sites for hydroxylation is 1. The molecule has 0 aromatic heterocycles. The van der Waals surface area contributed by atoms with Crippen molar-refractivity contribution in [3.63, 3.8) is 0 Å². The zero-order valence-electron chi connectivity index (χ0n) is 17.8. The summed E-state index contributed by atoms with van der Waals surface area (Å²) in [5, 5.41) is 3.17. The highest BCUT2D eigenvalue weighted by atomic mass is 79.9. The third-order valence-corrected chi connectivity index (χ3v) is 7.40. The van der Waals surface area contributed by atoms with Gasteiger partial charge in [0.1, 0.15) is 18.4 Å². The Hall–Kier alpha value is -2.51. The Labute approximate surface area is 194 Å². The molecule has 0 spiro atoms. The molecule has 0 bridgehead atoms. The molecule has 0 amide bonds. The van der Waals surface area contributed by atoms with Crippen LogP contribution in [0.2, 0.25) is 0 Å². The second-order valence-corrected chi connectivity index (χ2v) is 9.87. The molecule has 0 radical (unpaired) electrons. The zero-order chi connectivity index (χ0) is 22.4. The molecule has 3 aliphatic rings. The van der Waals surface area contributed by atoms with E-state index in [2.05, 4.69) is 21.2 Å². The number of fused-ring (bicyclic) bond motifs is 4. The number of carbonyl (C=O) groups is 3. The van der Waals surface area contributed by atoms with Gasteiger partial charge in [0.2, 0.25) is 0 Å². The van der Waals surface area contributed by atoms with E-state index in [1.165, 1.54) is 0 Å². The molecule has 5 rings (SSSR count). The Bertz CT molecular complexity index is 1130. The highest BCUT2D eigenvalue weighted by Crippen LogP contribution is 2.41. The summed E-state index contributed by atoms with van der Waals surface area (Å²) in [5.41, 5.74) is 5.09. The Morgan fingerprint density at radius 2 is 1.94 bits per heavy atom. The summed E-state index contributed by atoms with van der Waals surface area (Å²) in [5.74, 6) is 0.180. The Morgan fingerprint density at radius 3 is 2.72 bits per heavy atom. The molecule has 2 heterocycles. The molecule has 1 aliphatic carbocycles. The fourth-order valence-electron chi connectivity index (χ4n) is 4.71. The molecule has 1 N–H and O–H groups in total. The standard InChI is InChI=1S/C25H24BrNO5/c1-13-2-7-21(27-13)25(30)32-12-22(28)15-3-5-17-16(8-15)11-31-23-10-18-14(9-19(17)23)4-6-20(26)24(18)29/h3,5,8-10,13,20-21,27H,2,4,6-7,11-12H2,1H3/t13-,20?,21-/m0/s1. The summed E-state index contributed by atoms with van der Waals surface area (Å²) in [6.45, 7) is 2.07. The first kappa shape index (κ1) is 21.3. The maximum Gasteiger partial charge on any atom is 0.323 e. The van der Waals surface area contributed by atoms with E-state index in [0.717, 1.165) is 53.5 Å². The minimum Gasteiger partial charge on any atom is -0.488 e. The Morgan fingerprint density at radius 1 is 1.09 bits per heavy atom. The monoisotopic (exact) mass is 497 g/mol. The van der Waals surface area contributed by atoms with Gasteiger partial charge in [-0.3, -0.25) is 14.4 Å². The van der Waals surface area contributed by atoms with Crippen LogP contribution in [-0.2, 0) is 22.6 Å². The lowest BCUT2D eigenvalue weighted by Gasteiger charge is -2.26. The molecule has 2 aromatic rings. The largest absolute Gasteiger partial charge is 0.488 e. The number of Topliss-reactive ketones (excluding diaryl/α,β-unsaturated/α-hetero) is 2. The third-order valence-electron chi connectivity index (χ3n) is 6.53. The minimum atomic E-state index is -0.372. The first-order valence-corrected chi connectivity index (χ1v) is 11.9. The summed E-state index contributed by atoms with van der Waals surface area (Å²) in [7, 11) is 0. The molecule has 32 heavy (non-hydrogen) atoms. The molecular weight excluding hydrogens is 474 g/mol. The zero-order valence-corrected chi connectivity index (χ0v) is 19.4. The number of hydrogen-bond donors (Lipinski definition) is 1. The lowest BCUT2D eigenvalue weighted by molar-refractivity contribution is -0.144. The average molecular weight is 498 g/mol. The number of rotatable bonds is 4. The second kappa shape index (κ2) is 8.45. The highest BCUT2D eigenvalue weighted by molar-refractivity contribution is 9.10. The number of ketones is 2. The van der Waals surface area contributed by atoms with Crippen molar-refractivity contribution in [3.05, 3.63) is 52.6 Å². The summed E-state index contributed by atoms with van der Waals surface area (Å²) < 4.78 is 11.2. The van der Waals surface area contributed by atoms with Gasteiger partial charge < -0.3 is 14.8 Å². The lowest BCUT2D eigenvalue weighted by Crippen LogP contribution is -2.36. The van der Waals surface area contributed by atoms with Crippen LogP contribution in [0.3, 0.4) is 0 Å². The topological polar surface area (TPSA) is 81.7 Å². The molecular formula is C25H24BrNO5. The van der Waals surface area contributed by atoms with Crippen molar-refractivity contribution in [1.82, 2.24) is 5.32 Å². The quantitative estimate of drug-likeness (QED) is 0.390. The third kappa shape index (κ3) is 3.88. The molecule has 0 saturated carbocycles. The average Bonchev–Trinajstić information content (AvgIpc) is 3.24. The van der Waals surface area contributed by atoms with Gasteiger partial charge in [0, 0.05) is 22.7 Å². The summed E-state index contributed by atoms with van der Waals surface area (Å²) in [6, 6.07) is 9.33. The van der Waals surface area contributed by atoms with E-state index in [1.807, 2.05) is 31.2 Å². The van der Waals surface area contributed by atoms with Crippen molar-refractivity contribution in [1.29, 1.82) is 0 Å². The van der Waals surface area contributed by atoms with Gasteiger partial charge in [-0.1, -0.05) is 28.1 Å². The molecule has 1 unspecified atom stereocenters.